The third-order valence-electron chi connectivity index (χ3n) is 2.14. The van der Waals surface area contributed by atoms with Crippen molar-refractivity contribution in [2.75, 3.05) is 6.61 Å². The van der Waals surface area contributed by atoms with E-state index < -0.39 is 18.0 Å². The summed E-state index contributed by atoms with van der Waals surface area (Å²) >= 11 is 0. The number of unbranched alkanes of at least 4 members (excludes halogenated alkanes) is 2. The lowest BCUT2D eigenvalue weighted by Gasteiger charge is -2.12. The minimum Gasteiger partial charge on any atom is -0.433 e. The number of imide groups is 1. The van der Waals surface area contributed by atoms with Gasteiger partial charge in [-0.2, -0.15) is 0 Å². The van der Waals surface area contributed by atoms with Crippen LogP contribution in [0.4, 0.5) is 4.79 Å². The van der Waals surface area contributed by atoms with Gasteiger partial charge in [0.2, 0.25) is 0 Å². The minimum absolute atomic E-state index is 0.0853. The Morgan fingerprint density at radius 2 is 1.88 bits per heavy atom. The van der Waals surface area contributed by atoms with Crippen LogP contribution in [0.1, 0.15) is 39.0 Å². The van der Waals surface area contributed by atoms with Gasteiger partial charge in [0.25, 0.3) is 11.8 Å². The third-order valence-corrected chi connectivity index (χ3v) is 2.14. The highest BCUT2D eigenvalue weighted by Gasteiger charge is 2.33. The summed E-state index contributed by atoms with van der Waals surface area (Å²) in [7, 11) is 0. The van der Waals surface area contributed by atoms with Crippen LogP contribution in [0.25, 0.3) is 0 Å². The molecule has 1 fully saturated rings. The van der Waals surface area contributed by atoms with Crippen LogP contribution >= 0.6 is 0 Å². The Labute approximate surface area is 93.4 Å². The predicted octanol–water partition coefficient (Wildman–Crippen LogP) is 1.39. The van der Waals surface area contributed by atoms with E-state index in [4.69, 9.17) is 4.74 Å². The molecule has 0 radical (unpaired) electrons. The van der Waals surface area contributed by atoms with E-state index in [1.54, 1.807) is 0 Å². The number of hydroxylamine groups is 2. The summed E-state index contributed by atoms with van der Waals surface area (Å²) in [4.78, 5) is 37.7. The molecule has 1 aliphatic rings. The largest absolute Gasteiger partial charge is 0.533 e. The predicted molar refractivity (Wildman–Crippen MR) is 53.0 cm³/mol. The summed E-state index contributed by atoms with van der Waals surface area (Å²) in [5.74, 6) is -1.01. The fourth-order valence-electron chi connectivity index (χ4n) is 1.27. The van der Waals surface area contributed by atoms with Gasteiger partial charge in [-0.15, -0.1) is 0 Å². The number of carbonyl (C=O) groups excluding carboxylic acids is 3. The molecule has 0 saturated carbocycles. The Bertz CT molecular complexity index is 273. The Balaban J connectivity index is 2.23. The Kier molecular flexibility index (Phi) is 4.75. The molecule has 0 aliphatic carbocycles. The summed E-state index contributed by atoms with van der Waals surface area (Å²) in [6.07, 6.45) is 1.88. The average molecular weight is 229 g/mol. The maximum Gasteiger partial charge on any atom is 0.533 e. The molecule has 1 heterocycles. The Morgan fingerprint density at radius 1 is 1.25 bits per heavy atom. The van der Waals surface area contributed by atoms with Crippen molar-refractivity contribution in [3.63, 3.8) is 0 Å². The lowest BCUT2D eigenvalue weighted by molar-refractivity contribution is -0.177. The van der Waals surface area contributed by atoms with Gasteiger partial charge in [0.15, 0.2) is 0 Å². The average Bonchev–Trinajstić information content (AvgIpc) is 2.56. The normalized spacial score (nSPS) is 15.4. The lowest BCUT2D eigenvalue weighted by Crippen LogP contribution is -2.32. The maximum atomic E-state index is 11.1. The summed E-state index contributed by atoms with van der Waals surface area (Å²) in [5, 5.41) is 0.474. The second-order valence-electron chi connectivity index (χ2n) is 3.48. The van der Waals surface area contributed by atoms with Gasteiger partial charge in [-0.3, -0.25) is 14.4 Å². The zero-order chi connectivity index (χ0) is 12.0. The zero-order valence-corrected chi connectivity index (χ0v) is 9.23. The summed E-state index contributed by atoms with van der Waals surface area (Å²) in [5.41, 5.74) is 0. The maximum absolute atomic E-state index is 11.1. The summed E-state index contributed by atoms with van der Waals surface area (Å²) in [6, 6.07) is 0. The molecule has 0 N–H and O–H groups in total. The van der Waals surface area contributed by atoms with Crippen molar-refractivity contribution in [1.82, 2.24) is 5.06 Å². The SMILES string of the molecule is CCCCCOC(=O)ON1C(=O)CCC1=O. The van der Waals surface area contributed by atoms with E-state index in [0.29, 0.717) is 5.06 Å². The highest BCUT2D eigenvalue weighted by Crippen LogP contribution is 2.12. The molecule has 16 heavy (non-hydrogen) atoms. The molecule has 1 saturated heterocycles. The van der Waals surface area contributed by atoms with Crippen molar-refractivity contribution in [2.24, 2.45) is 0 Å². The minimum atomic E-state index is -1.00. The summed E-state index contributed by atoms with van der Waals surface area (Å²) < 4.78 is 4.70. The number of ether oxygens (including phenoxy) is 1. The van der Waals surface area contributed by atoms with Gasteiger partial charge < -0.3 is 4.74 Å². The van der Waals surface area contributed by atoms with Gasteiger partial charge in [0.1, 0.15) is 0 Å². The van der Waals surface area contributed by atoms with Crippen molar-refractivity contribution < 1.29 is 24.0 Å². The number of hydrogen-bond donors (Lipinski definition) is 0. The van der Waals surface area contributed by atoms with Gasteiger partial charge >= 0.3 is 6.16 Å². The molecular formula is C10H15NO5. The standard InChI is InChI=1S/C10H15NO5/c1-2-3-4-7-15-10(14)16-11-8(12)5-6-9(11)13/h2-7H2,1H3. The van der Waals surface area contributed by atoms with E-state index in [0.717, 1.165) is 19.3 Å². The van der Waals surface area contributed by atoms with E-state index >= 15 is 0 Å². The molecule has 1 rings (SSSR count). The first-order chi connectivity index (χ1) is 7.65. The molecule has 2 amide bonds. The number of amides is 2. The number of hydrogen-bond acceptors (Lipinski definition) is 5. The van der Waals surface area contributed by atoms with Gasteiger partial charge in [-0.05, 0) is 6.42 Å². The van der Waals surface area contributed by atoms with Crippen LogP contribution in [0.5, 0.6) is 0 Å². The van der Waals surface area contributed by atoms with E-state index in [2.05, 4.69) is 4.84 Å². The molecule has 0 spiro atoms. The Morgan fingerprint density at radius 3 is 2.44 bits per heavy atom. The molecule has 1 aliphatic heterocycles. The first-order valence-corrected chi connectivity index (χ1v) is 5.35. The molecule has 0 unspecified atom stereocenters. The lowest BCUT2D eigenvalue weighted by atomic mass is 10.3. The fraction of sp³-hybridized carbons (Fsp3) is 0.700. The van der Waals surface area contributed by atoms with Crippen LogP contribution < -0.4 is 0 Å². The van der Waals surface area contributed by atoms with Gasteiger partial charge in [0, 0.05) is 12.8 Å². The van der Waals surface area contributed by atoms with E-state index in [-0.39, 0.29) is 19.4 Å². The number of nitrogens with zero attached hydrogens (tertiary/aromatic N) is 1. The summed E-state index contributed by atoms with van der Waals surface area (Å²) in [6.45, 7) is 2.27. The van der Waals surface area contributed by atoms with E-state index in [1.165, 1.54) is 0 Å². The van der Waals surface area contributed by atoms with Crippen molar-refractivity contribution >= 4 is 18.0 Å². The van der Waals surface area contributed by atoms with Crippen LogP contribution in [-0.4, -0.2) is 29.6 Å². The van der Waals surface area contributed by atoms with Crippen LogP contribution in [0, 0.1) is 0 Å². The molecule has 0 aromatic rings. The molecule has 0 aromatic heterocycles. The molecule has 0 atom stereocenters. The van der Waals surface area contributed by atoms with Crippen LogP contribution in [0.3, 0.4) is 0 Å². The van der Waals surface area contributed by atoms with E-state index in [1.807, 2.05) is 6.92 Å². The third kappa shape index (κ3) is 3.52. The van der Waals surface area contributed by atoms with Crippen LogP contribution in [0.15, 0.2) is 0 Å². The van der Waals surface area contributed by atoms with Gasteiger partial charge in [-0.1, -0.05) is 24.8 Å². The molecule has 6 nitrogen and oxygen atoms in total. The smallest absolute Gasteiger partial charge is 0.433 e. The molecular weight excluding hydrogens is 214 g/mol. The first kappa shape index (κ1) is 12.5. The monoisotopic (exact) mass is 229 g/mol. The molecule has 90 valence electrons. The molecule has 0 aromatic carbocycles. The van der Waals surface area contributed by atoms with Crippen molar-refractivity contribution in [2.45, 2.75) is 39.0 Å². The van der Waals surface area contributed by atoms with Crippen molar-refractivity contribution in [1.29, 1.82) is 0 Å². The highest BCUT2D eigenvalue weighted by atomic mass is 16.8. The quantitative estimate of drug-likeness (QED) is 0.404. The molecule has 6 heteroatoms. The van der Waals surface area contributed by atoms with Crippen molar-refractivity contribution in [3.05, 3.63) is 0 Å². The number of carbonyl (C=O) groups is 3. The highest BCUT2D eigenvalue weighted by molar-refractivity contribution is 6.01. The van der Waals surface area contributed by atoms with Gasteiger partial charge in [-0.25, -0.2) is 4.79 Å². The van der Waals surface area contributed by atoms with Crippen LogP contribution in [0.2, 0.25) is 0 Å². The fourth-order valence-corrected chi connectivity index (χ4v) is 1.27. The first-order valence-electron chi connectivity index (χ1n) is 5.35. The topological polar surface area (TPSA) is 72.9 Å². The second-order valence-corrected chi connectivity index (χ2v) is 3.48. The van der Waals surface area contributed by atoms with E-state index in [9.17, 15) is 14.4 Å². The van der Waals surface area contributed by atoms with Crippen molar-refractivity contribution in [3.8, 4) is 0 Å². The zero-order valence-electron chi connectivity index (χ0n) is 9.23. The Hall–Kier alpha value is -1.59. The van der Waals surface area contributed by atoms with Crippen LogP contribution in [-0.2, 0) is 19.2 Å². The second kappa shape index (κ2) is 6.09. The molecule has 0 bridgehead atoms. The van der Waals surface area contributed by atoms with Gasteiger partial charge in [0.05, 0.1) is 6.61 Å². The number of rotatable bonds is 5.